The van der Waals surface area contributed by atoms with E-state index in [4.69, 9.17) is 4.74 Å². The molecular weight excluding hydrogens is 340 g/mol. The number of likely N-dealkylation sites (N-methyl/N-ethyl adjacent to an activating group) is 2. The van der Waals surface area contributed by atoms with Gasteiger partial charge in [-0.2, -0.15) is 4.31 Å². The Bertz CT molecular complexity index is 805. The van der Waals surface area contributed by atoms with Gasteiger partial charge in [0.25, 0.3) is 0 Å². The minimum absolute atomic E-state index is 0.119. The van der Waals surface area contributed by atoms with Crippen molar-refractivity contribution in [2.24, 2.45) is 0 Å². The van der Waals surface area contributed by atoms with E-state index >= 15 is 0 Å². The van der Waals surface area contributed by atoms with E-state index in [2.05, 4.69) is 0 Å². The van der Waals surface area contributed by atoms with Crippen molar-refractivity contribution in [1.82, 2.24) is 4.31 Å². The van der Waals surface area contributed by atoms with Crippen LogP contribution in [0.3, 0.4) is 0 Å². The van der Waals surface area contributed by atoms with Gasteiger partial charge in [-0.05, 0) is 43.3 Å². The number of para-hydroxylation sites is 1. The molecule has 0 aromatic heterocycles. The molecule has 6 nitrogen and oxygen atoms in total. The number of ether oxygens (including phenoxy) is 1. The zero-order valence-electron chi connectivity index (χ0n) is 14.5. The van der Waals surface area contributed by atoms with Gasteiger partial charge in [-0.3, -0.25) is 4.79 Å². The van der Waals surface area contributed by atoms with Crippen LogP contribution >= 0.6 is 0 Å². The summed E-state index contributed by atoms with van der Waals surface area (Å²) >= 11 is 0. The third-order valence-corrected chi connectivity index (χ3v) is 5.54. The van der Waals surface area contributed by atoms with Crippen LogP contribution in [0.15, 0.2) is 59.5 Å². The first kappa shape index (κ1) is 19.0. The van der Waals surface area contributed by atoms with Crippen molar-refractivity contribution in [2.75, 3.05) is 32.1 Å². The molecule has 25 heavy (non-hydrogen) atoms. The molecule has 0 aliphatic carbocycles. The van der Waals surface area contributed by atoms with Crippen LogP contribution in [0.2, 0.25) is 0 Å². The lowest BCUT2D eigenvalue weighted by atomic mass is 10.3. The van der Waals surface area contributed by atoms with Gasteiger partial charge in [0.2, 0.25) is 15.9 Å². The fourth-order valence-corrected chi connectivity index (χ4v) is 3.35. The highest BCUT2D eigenvalue weighted by molar-refractivity contribution is 7.89. The molecule has 7 heteroatoms. The van der Waals surface area contributed by atoms with Gasteiger partial charge in [0.15, 0.2) is 0 Å². The molecule has 0 N–H and O–H groups in total. The van der Waals surface area contributed by atoms with Crippen LogP contribution in [0, 0.1) is 0 Å². The Morgan fingerprint density at radius 1 is 1.00 bits per heavy atom. The average Bonchev–Trinajstić information content (AvgIpc) is 2.62. The van der Waals surface area contributed by atoms with Gasteiger partial charge in [0.1, 0.15) is 5.75 Å². The van der Waals surface area contributed by atoms with Gasteiger partial charge >= 0.3 is 0 Å². The molecule has 0 aliphatic heterocycles. The number of amides is 1. The number of benzene rings is 2. The second-order valence-corrected chi connectivity index (χ2v) is 7.50. The Kier molecular flexibility index (Phi) is 6.17. The first-order valence-corrected chi connectivity index (χ1v) is 9.31. The third-order valence-electron chi connectivity index (χ3n) is 3.72. The van der Waals surface area contributed by atoms with Gasteiger partial charge < -0.3 is 9.64 Å². The molecule has 0 spiro atoms. The van der Waals surface area contributed by atoms with Crippen molar-refractivity contribution >= 4 is 21.6 Å². The number of carbonyl (C=O) groups is 1. The van der Waals surface area contributed by atoms with Crippen LogP contribution in [0.1, 0.15) is 6.92 Å². The molecule has 1 amide bonds. The molecule has 0 aliphatic rings. The van der Waals surface area contributed by atoms with Crippen molar-refractivity contribution in [3.8, 4) is 5.75 Å². The molecule has 0 heterocycles. The summed E-state index contributed by atoms with van der Waals surface area (Å²) < 4.78 is 31.6. The fourth-order valence-electron chi connectivity index (χ4n) is 2.23. The number of nitrogens with zero attached hydrogens (tertiary/aromatic N) is 2. The maximum atomic E-state index is 12.6. The second kappa shape index (κ2) is 8.13. The smallest absolute Gasteiger partial charge is 0.243 e. The normalized spacial score (nSPS) is 11.4. The van der Waals surface area contributed by atoms with E-state index < -0.39 is 10.0 Å². The van der Waals surface area contributed by atoms with Crippen LogP contribution < -0.4 is 9.64 Å². The number of carbonyl (C=O) groups excluding carboxylic acids is 1. The van der Waals surface area contributed by atoms with E-state index in [-0.39, 0.29) is 17.3 Å². The monoisotopic (exact) mass is 362 g/mol. The molecule has 2 aromatic rings. The fraction of sp³-hybridized carbons (Fsp3) is 0.278. The standard InChI is InChI=1S/C18H22N2O4S/c1-4-24-16-10-12-17(13-11-16)25(22,23)19(2)14-18(21)20(3)15-8-6-5-7-9-15/h5-13H,4,14H2,1-3H3. The number of rotatable bonds is 7. The molecular formula is C18H22N2O4S. The van der Waals surface area contributed by atoms with Crippen molar-refractivity contribution in [1.29, 1.82) is 0 Å². The van der Waals surface area contributed by atoms with E-state index in [1.165, 1.54) is 24.1 Å². The Morgan fingerprint density at radius 2 is 1.60 bits per heavy atom. The Balaban J connectivity index is 2.10. The zero-order valence-corrected chi connectivity index (χ0v) is 15.4. The van der Waals surface area contributed by atoms with Gasteiger partial charge in [-0.25, -0.2) is 8.42 Å². The lowest BCUT2D eigenvalue weighted by Crippen LogP contribution is -2.39. The van der Waals surface area contributed by atoms with Crippen LogP contribution in [-0.4, -0.2) is 45.9 Å². The molecule has 0 radical (unpaired) electrons. The summed E-state index contributed by atoms with van der Waals surface area (Å²) in [4.78, 5) is 13.9. The Morgan fingerprint density at radius 3 is 2.16 bits per heavy atom. The molecule has 0 atom stereocenters. The summed E-state index contributed by atoms with van der Waals surface area (Å²) in [5, 5.41) is 0. The van der Waals surface area contributed by atoms with E-state index in [0.29, 0.717) is 18.0 Å². The van der Waals surface area contributed by atoms with E-state index in [1.54, 1.807) is 31.3 Å². The quantitative estimate of drug-likeness (QED) is 0.758. The number of hydrogen-bond acceptors (Lipinski definition) is 4. The molecule has 0 saturated heterocycles. The van der Waals surface area contributed by atoms with Crippen LogP contribution in [0.25, 0.3) is 0 Å². The lowest BCUT2D eigenvalue weighted by Gasteiger charge is -2.22. The maximum Gasteiger partial charge on any atom is 0.243 e. The summed E-state index contributed by atoms with van der Waals surface area (Å²) in [6.07, 6.45) is 0. The van der Waals surface area contributed by atoms with Gasteiger partial charge in [0.05, 0.1) is 18.0 Å². The largest absolute Gasteiger partial charge is 0.494 e. The summed E-state index contributed by atoms with van der Waals surface area (Å²) in [5.41, 5.74) is 0.708. The molecule has 0 unspecified atom stereocenters. The van der Waals surface area contributed by atoms with Gasteiger partial charge in [0, 0.05) is 19.8 Å². The van der Waals surface area contributed by atoms with Crippen LogP contribution in [0.5, 0.6) is 5.75 Å². The van der Waals surface area contributed by atoms with E-state index in [1.807, 2.05) is 25.1 Å². The highest BCUT2D eigenvalue weighted by atomic mass is 32.2. The molecule has 0 saturated carbocycles. The summed E-state index contributed by atoms with van der Waals surface area (Å²) in [6, 6.07) is 15.2. The van der Waals surface area contributed by atoms with E-state index in [9.17, 15) is 13.2 Å². The van der Waals surface area contributed by atoms with Crippen LogP contribution in [-0.2, 0) is 14.8 Å². The van der Waals surface area contributed by atoms with E-state index in [0.717, 1.165) is 4.31 Å². The summed E-state index contributed by atoms with van der Waals surface area (Å²) in [6.45, 7) is 2.11. The first-order chi connectivity index (χ1) is 11.9. The number of sulfonamides is 1. The lowest BCUT2D eigenvalue weighted by molar-refractivity contribution is -0.118. The van der Waals surface area contributed by atoms with Crippen molar-refractivity contribution in [3.05, 3.63) is 54.6 Å². The molecule has 134 valence electrons. The van der Waals surface area contributed by atoms with Crippen molar-refractivity contribution in [3.63, 3.8) is 0 Å². The Hall–Kier alpha value is -2.38. The predicted octanol–water partition coefficient (Wildman–Crippen LogP) is 2.37. The highest BCUT2D eigenvalue weighted by Crippen LogP contribution is 2.19. The van der Waals surface area contributed by atoms with Crippen molar-refractivity contribution in [2.45, 2.75) is 11.8 Å². The Labute approximate surface area is 148 Å². The first-order valence-electron chi connectivity index (χ1n) is 7.87. The molecule has 2 aromatic carbocycles. The molecule has 2 rings (SSSR count). The van der Waals surface area contributed by atoms with Gasteiger partial charge in [-0.1, -0.05) is 18.2 Å². The molecule has 0 fully saturated rings. The van der Waals surface area contributed by atoms with Gasteiger partial charge in [-0.15, -0.1) is 0 Å². The minimum Gasteiger partial charge on any atom is -0.494 e. The maximum absolute atomic E-state index is 12.6. The number of hydrogen-bond donors (Lipinski definition) is 0. The number of anilines is 1. The topological polar surface area (TPSA) is 66.9 Å². The average molecular weight is 362 g/mol. The second-order valence-electron chi connectivity index (χ2n) is 5.45. The third kappa shape index (κ3) is 4.58. The van der Waals surface area contributed by atoms with Crippen molar-refractivity contribution < 1.29 is 17.9 Å². The minimum atomic E-state index is -3.75. The zero-order chi connectivity index (χ0) is 18.4. The SMILES string of the molecule is CCOc1ccc(S(=O)(=O)N(C)CC(=O)N(C)c2ccccc2)cc1. The summed E-state index contributed by atoms with van der Waals surface area (Å²) in [7, 11) is -0.740. The molecule has 0 bridgehead atoms. The van der Waals surface area contributed by atoms with Crippen LogP contribution in [0.4, 0.5) is 5.69 Å². The predicted molar refractivity (Wildman–Crippen MR) is 97.3 cm³/mol. The highest BCUT2D eigenvalue weighted by Gasteiger charge is 2.24. The summed E-state index contributed by atoms with van der Waals surface area (Å²) in [5.74, 6) is 0.284.